The number of nitrogens with zero attached hydrogens (tertiary/aromatic N) is 1. The van der Waals surface area contributed by atoms with Crippen molar-refractivity contribution in [1.82, 2.24) is 5.32 Å². The minimum Gasteiger partial charge on any atom is -0.271 e. The van der Waals surface area contributed by atoms with Gasteiger partial charge in [-0.3, -0.25) is 10.1 Å². The Morgan fingerprint density at radius 2 is 2.30 bits per heavy atom. The van der Waals surface area contributed by atoms with E-state index < -0.39 is 11.9 Å². The molecule has 0 saturated carbocycles. The molecule has 4 heteroatoms. The number of allylic oxidation sites excluding steroid dienone is 1. The molecule has 3 amide bonds. The SMILES string of the molecule is C=CCC1=NC(=O)NC1=O. The van der Waals surface area contributed by atoms with E-state index in [0.717, 1.165) is 0 Å². The van der Waals surface area contributed by atoms with Gasteiger partial charge in [0.1, 0.15) is 5.71 Å². The maximum absolute atomic E-state index is 10.7. The molecule has 0 aromatic rings. The molecule has 0 aliphatic carbocycles. The van der Waals surface area contributed by atoms with Gasteiger partial charge < -0.3 is 0 Å². The van der Waals surface area contributed by atoms with Gasteiger partial charge in [0.15, 0.2) is 0 Å². The quantitative estimate of drug-likeness (QED) is 0.556. The second kappa shape index (κ2) is 2.43. The summed E-state index contributed by atoms with van der Waals surface area (Å²) in [5.41, 5.74) is 0.236. The van der Waals surface area contributed by atoms with Gasteiger partial charge in [0.25, 0.3) is 5.91 Å². The van der Waals surface area contributed by atoms with Crippen LogP contribution >= 0.6 is 0 Å². The standard InChI is InChI=1S/C6H6N2O2/c1-2-3-4-5(9)8-6(10)7-4/h2H,1,3H2,(H,8,9,10). The number of aliphatic imine (C=N–C) groups is 1. The van der Waals surface area contributed by atoms with Crippen LogP contribution in [0.3, 0.4) is 0 Å². The fourth-order valence-corrected chi connectivity index (χ4v) is 0.646. The molecule has 0 spiro atoms. The van der Waals surface area contributed by atoms with Crippen molar-refractivity contribution in [3.63, 3.8) is 0 Å². The molecule has 4 nitrogen and oxygen atoms in total. The maximum Gasteiger partial charge on any atom is 0.348 e. The van der Waals surface area contributed by atoms with Crippen molar-refractivity contribution < 1.29 is 9.59 Å². The molecule has 0 fully saturated rings. The minimum atomic E-state index is -0.582. The zero-order chi connectivity index (χ0) is 7.56. The van der Waals surface area contributed by atoms with Crippen LogP contribution in [0.4, 0.5) is 4.79 Å². The van der Waals surface area contributed by atoms with Crippen LogP contribution in [0.1, 0.15) is 6.42 Å². The van der Waals surface area contributed by atoms with Crippen molar-refractivity contribution in [3.05, 3.63) is 12.7 Å². The van der Waals surface area contributed by atoms with Crippen molar-refractivity contribution in [1.29, 1.82) is 0 Å². The lowest BCUT2D eigenvalue weighted by Gasteiger charge is -1.87. The summed E-state index contributed by atoms with van der Waals surface area (Å²) in [5.74, 6) is -0.412. The fourth-order valence-electron chi connectivity index (χ4n) is 0.646. The van der Waals surface area contributed by atoms with Gasteiger partial charge in [-0.2, -0.15) is 4.99 Å². The Kier molecular flexibility index (Phi) is 1.62. The minimum absolute atomic E-state index is 0.236. The average molecular weight is 138 g/mol. The number of carbonyl (C=O) groups excluding carboxylic acids is 2. The first-order chi connectivity index (χ1) is 4.74. The number of imide groups is 1. The van der Waals surface area contributed by atoms with Crippen LogP contribution < -0.4 is 5.32 Å². The van der Waals surface area contributed by atoms with Gasteiger partial charge in [0.2, 0.25) is 0 Å². The van der Waals surface area contributed by atoms with E-state index in [2.05, 4.69) is 11.6 Å². The number of urea groups is 1. The van der Waals surface area contributed by atoms with Gasteiger partial charge in [-0.1, -0.05) is 6.08 Å². The Morgan fingerprint density at radius 3 is 2.70 bits per heavy atom. The Balaban J connectivity index is 2.74. The molecule has 0 aromatic carbocycles. The van der Waals surface area contributed by atoms with Gasteiger partial charge in [0.05, 0.1) is 0 Å². The third-order valence-electron chi connectivity index (χ3n) is 1.06. The van der Waals surface area contributed by atoms with Crippen LogP contribution in [0.5, 0.6) is 0 Å². The van der Waals surface area contributed by atoms with Crippen molar-refractivity contribution >= 4 is 17.6 Å². The molecule has 10 heavy (non-hydrogen) atoms. The van der Waals surface area contributed by atoms with Crippen molar-refractivity contribution in [2.45, 2.75) is 6.42 Å². The summed E-state index contributed by atoms with van der Waals surface area (Å²) in [7, 11) is 0. The molecule has 0 saturated heterocycles. The number of nitrogens with one attached hydrogen (secondary N) is 1. The molecule has 1 heterocycles. The van der Waals surface area contributed by atoms with E-state index in [1.807, 2.05) is 5.32 Å². The highest BCUT2D eigenvalue weighted by atomic mass is 16.2. The van der Waals surface area contributed by atoms with Gasteiger partial charge in [-0.05, 0) is 0 Å². The van der Waals surface area contributed by atoms with Crippen LogP contribution in [-0.2, 0) is 4.79 Å². The molecule has 52 valence electrons. The first-order valence-corrected chi connectivity index (χ1v) is 2.78. The maximum atomic E-state index is 10.7. The van der Waals surface area contributed by atoms with E-state index in [0.29, 0.717) is 6.42 Å². The van der Waals surface area contributed by atoms with E-state index in [1.165, 1.54) is 6.08 Å². The first-order valence-electron chi connectivity index (χ1n) is 2.78. The van der Waals surface area contributed by atoms with E-state index >= 15 is 0 Å². The van der Waals surface area contributed by atoms with Gasteiger partial charge in [0, 0.05) is 6.42 Å². The summed E-state index contributed by atoms with van der Waals surface area (Å²) in [6.45, 7) is 3.41. The predicted octanol–water partition coefficient (Wildman–Crippen LogP) is 0.253. The molecule has 1 rings (SSSR count). The lowest BCUT2D eigenvalue weighted by atomic mass is 10.2. The van der Waals surface area contributed by atoms with E-state index in [9.17, 15) is 9.59 Å². The van der Waals surface area contributed by atoms with Crippen LogP contribution in [0.25, 0.3) is 0 Å². The molecule has 0 bridgehead atoms. The number of rotatable bonds is 2. The third kappa shape index (κ3) is 1.10. The van der Waals surface area contributed by atoms with E-state index in [1.54, 1.807) is 0 Å². The van der Waals surface area contributed by atoms with E-state index in [-0.39, 0.29) is 5.71 Å². The number of carbonyl (C=O) groups is 2. The van der Waals surface area contributed by atoms with Crippen molar-refractivity contribution in [2.75, 3.05) is 0 Å². The van der Waals surface area contributed by atoms with E-state index in [4.69, 9.17) is 0 Å². The van der Waals surface area contributed by atoms with Crippen LogP contribution in [0.2, 0.25) is 0 Å². The summed E-state index contributed by atoms with van der Waals surface area (Å²) in [5, 5.41) is 2.02. The zero-order valence-electron chi connectivity index (χ0n) is 5.26. The molecule has 0 aromatic heterocycles. The molecular formula is C6H6N2O2. The van der Waals surface area contributed by atoms with Crippen molar-refractivity contribution in [3.8, 4) is 0 Å². The predicted molar refractivity (Wildman–Crippen MR) is 35.8 cm³/mol. The molecule has 0 atom stereocenters. The highest BCUT2D eigenvalue weighted by Crippen LogP contribution is 1.96. The van der Waals surface area contributed by atoms with Gasteiger partial charge in [-0.15, -0.1) is 6.58 Å². The summed E-state index contributed by atoms with van der Waals surface area (Å²) in [4.78, 5) is 24.5. The van der Waals surface area contributed by atoms with Crippen molar-refractivity contribution in [2.24, 2.45) is 4.99 Å². The second-order valence-corrected chi connectivity index (χ2v) is 1.81. The molecule has 1 N–H and O–H groups in total. The topological polar surface area (TPSA) is 58.5 Å². The number of amides is 3. The smallest absolute Gasteiger partial charge is 0.271 e. The molecular weight excluding hydrogens is 132 g/mol. The summed E-state index contributed by atoms with van der Waals surface area (Å²) < 4.78 is 0. The Hall–Kier alpha value is -1.45. The molecule has 1 aliphatic heterocycles. The largest absolute Gasteiger partial charge is 0.348 e. The highest BCUT2D eigenvalue weighted by molar-refractivity contribution is 6.46. The third-order valence-corrected chi connectivity index (χ3v) is 1.06. The lowest BCUT2D eigenvalue weighted by Crippen LogP contribution is -2.24. The number of hydrogen-bond donors (Lipinski definition) is 1. The first kappa shape index (κ1) is 6.67. The van der Waals surface area contributed by atoms with Gasteiger partial charge in [-0.25, -0.2) is 4.79 Å². The summed E-state index contributed by atoms with van der Waals surface area (Å²) in [6.07, 6.45) is 1.87. The Morgan fingerprint density at radius 1 is 1.60 bits per heavy atom. The normalized spacial score (nSPS) is 16.6. The monoisotopic (exact) mass is 138 g/mol. The fraction of sp³-hybridized carbons (Fsp3) is 0.167. The highest BCUT2D eigenvalue weighted by Gasteiger charge is 2.20. The summed E-state index contributed by atoms with van der Waals surface area (Å²) in [6, 6.07) is -0.582. The lowest BCUT2D eigenvalue weighted by molar-refractivity contribution is -0.113. The van der Waals surface area contributed by atoms with Crippen LogP contribution in [-0.4, -0.2) is 17.6 Å². The molecule has 0 radical (unpaired) electrons. The molecule has 1 aliphatic rings. The second-order valence-electron chi connectivity index (χ2n) is 1.81. The van der Waals surface area contributed by atoms with Gasteiger partial charge >= 0.3 is 6.03 Å². The van der Waals surface area contributed by atoms with Crippen LogP contribution in [0, 0.1) is 0 Å². The number of hydrogen-bond acceptors (Lipinski definition) is 2. The average Bonchev–Trinajstić information content (AvgIpc) is 2.13. The Bertz CT molecular complexity index is 230. The summed E-state index contributed by atoms with van der Waals surface area (Å²) >= 11 is 0. The van der Waals surface area contributed by atoms with Crippen LogP contribution in [0.15, 0.2) is 17.6 Å². The molecule has 0 unspecified atom stereocenters. The Labute approximate surface area is 57.6 Å². The zero-order valence-corrected chi connectivity index (χ0v) is 5.26.